The second-order valence-electron chi connectivity index (χ2n) is 4.84. The van der Waals surface area contributed by atoms with Crippen LogP contribution >= 0.6 is 0 Å². The van der Waals surface area contributed by atoms with Crippen LogP contribution in [0.15, 0.2) is 0 Å². The Morgan fingerprint density at radius 3 is 2.36 bits per heavy atom. The Kier molecular flexibility index (Phi) is 3.57. The first-order valence-corrected chi connectivity index (χ1v) is 6.08. The summed E-state index contributed by atoms with van der Waals surface area (Å²) < 4.78 is 0. The van der Waals surface area contributed by atoms with Crippen LogP contribution in [0.4, 0.5) is 0 Å². The van der Waals surface area contributed by atoms with E-state index < -0.39 is 0 Å². The number of hydrogen-bond acceptors (Lipinski definition) is 2. The maximum atomic E-state index is 11.1. The van der Waals surface area contributed by atoms with Crippen LogP contribution in [0, 0.1) is 5.92 Å². The van der Waals surface area contributed by atoms with Crippen LogP contribution in [0.3, 0.4) is 0 Å². The minimum atomic E-state index is 0.463. The Morgan fingerprint density at radius 2 is 1.71 bits per heavy atom. The fourth-order valence-electron chi connectivity index (χ4n) is 2.72. The molecule has 1 aliphatic carbocycles. The highest BCUT2D eigenvalue weighted by Gasteiger charge is 2.20. The summed E-state index contributed by atoms with van der Waals surface area (Å²) in [6, 6.07) is 0. The van der Waals surface area contributed by atoms with Crippen molar-refractivity contribution in [2.75, 3.05) is 19.6 Å². The third-order valence-corrected chi connectivity index (χ3v) is 3.65. The second kappa shape index (κ2) is 4.92. The fourth-order valence-corrected chi connectivity index (χ4v) is 2.72. The number of piperidine rings is 1. The van der Waals surface area contributed by atoms with E-state index in [0.29, 0.717) is 5.78 Å². The predicted octanol–water partition coefficient (Wildman–Crippen LogP) is 2.23. The number of ketones is 1. The van der Waals surface area contributed by atoms with E-state index in [1.807, 2.05) is 0 Å². The van der Waals surface area contributed by atoms with Crippen molar-refractivity contribution in [1.29, 1.82) is 0 Å². The van der Waals surface area contributed by atoms with Gasteiger partial charge in [0.1, 0.15) is 5.78 Å². The van der Waals surface area contributed by atoms with E-state index >= 15 is 0 Å². The van der Waals surface area contributed by atoms with E-state index in [1.165, 1.54) is 38.6 Å². The second-order valence-corrected chi connectivity index (χ2v) is 4.84. The normalized spacial score (nSPS) is 26.7. The Morgan fingerprint density at radius 1 is 1.07 bits per heavy atom. The molecule has 1 heterocycles. The van der Waals surface area contributed by atoms with E-state index in [0.717, 1.165) is 31.8 Å². The lowest BCUT2D eigenvalue weighted by Crippen LogP contribution is -2.37. The quantitative estimate of drug-likeness (QED) is 0.673. The molecule has 2 fully saturated rings. The van der Waals surface area contributed by atoms with Crippen LogP contribution in [0.25, 0.3) is 0 Å². The molecule has 2 aliphatic rings. The lowest BCUT2D eigenvalue weighted by atomic mass is 9.88. The first-order valence-electron chi connectivity index (χ1n) is 6.08. The first-order chi connectivity index (χ1) is 6.84. The van der Waals surface area contributed by atoms with Gasteiger partial charge in [-0.05, 0) is 18.8 Å². The summed E-state index contributed by atoms with van der Waals surface area (Å²) in [5.74, 6) is 1.39. The number of carbonyl (C=O) groups is 1. The summed E-state index contributed by atoms with van der Waals surface area (Å²) in [5, 5.41) is 0. The van der Waals surface area contributed by atoms with Crippen LogP contribution in [-0.4, -0.2) is 30.3 Å². The summed E-state index contributed by atoms with van der Waals surface area (Å²) in [6.45, 7) is 3.30. The number of likely N-dealkylation sites (tertiary alicyclic amines) is 1. The van der Waals surface area contributed by atoms with Crippen LogP contribution in [0.5, 0.6) is 0 Å². The van der Waals surface area contributed by atoms with E-state index in [4.69, 9.17) is 0 Å². The molecular weight excluding hydrogens is 174 g/mol. The van der Waals surface area contributed by atoms with Crippen molar-refractivity contribution < 1.29 is 4.79 Å². The number of hydrogen-bond donors (Lipinski definition) is 0. The molecule has 0 aromatic carbocycles. The minimum Gasteiger partial charge on any atom is -0.302 e. The van der Waals surface area contributed by atoms with Crippen molar-refractivity contribution in [2.45, 2.75) is 44.9 Å². The maximum Gasteiger partial charge on any atom is 0.135 e. The molecule has 2 rings (SSSR count). The van der Waals surface area contributed by atoms with Crippen LogP contribution in [-0.2, 0) is 4.79 Å². The van der Waals surface area contributed by atoms with E-state index in [9.17, 15) is 4.79 Å². The average molecular weight is 195 g/mol. The zero-order valence-corrected chi connectivity index (χ0v) is 9.00. The molecule has 80 valence electrons. The number of rotatable bonds is 2. The molecule has 0 amide bonds. The van der Waals surface area contributed by atoms with Crippen LogP contribution in [0.2, 0.25) is 0 Å². The Hall–Kier alpha value is -0.370. The van der Waals surface area contributed by atoms with E-state index in [2.05, 4.69) is 4.90 Å². The van der Waals surface area contributed by atoms with Gasteiger partial charge in [0.05, 0.1) is 0 Å². The summed E-state index contributed by atoms with van der Waals surface area (Å²) in [7, 11) is 0. The zero-order chi connectivity index (χ0) is 9.80. The summed E-state index contributed by atoms with van der Waals surface area (Å²) in [5.41, 5.74) is 0. The van der Waals surface area contributed by atoms with Gasteiger partial charge in [0, 0.05) is 32.5 Å². The molecule has 0 atom stereocenters. The highest BCUT2D eigenvalue weighted by atomic mass is 16.1. The van der Waals surface area contributed by atoms with Crippen molar-refractivity contribution in [3.05, 3.63) is 0 Å². The Bertz CT molecular complexity index is 186. The molecule has 0 bridgehead atoms. The lowest BCUT2D eigenvalue weighted by Gasteiger charge is -2.31. The van der Waals surface area contributed by atoms with Gasteiger partial charge in [-0.2, -0.15) is 0 Å². The van der Waals surface area contributed by atoms with Gasteiger partial charge in [-0.1, -0.05) is 19.3 Å². The monoisotopic (exact) mass is 195 g/mol. The maximum absolute atomic E-state index is 11.1. The largest absolute Gasteiger partial charge is 0.302 e. The highest BCUT2D eigenvalue weighted by Crippen LogP contribution is 2.25. The van der Waals surface area contributed by atoms with Crippen molar-refractivity contribution in [3.63, 3.8) is 0 Å². The molecule has 0 unspecified atom stereocenters. The van der Waals surface area contributed by atoms with Gasteiger partial charge in [-0.25, -0.2) is 0 Å². The Balaban J connectivity index is 1.71. The fraction of sp³-hybridized carbons (Fsp3) is 0.917. The van der Waals surface area contributed by atoms with Gasteiger partial charge in [0.25, 0.3) is 0 Å². The van der Waals surface area contributed by atoms with Gasteiger partial charge in [0.2, 0.25) is 0 Å². The summed E-state index contributed by atoms with van der Waals surface area (Å²) >= 11 is 0. The van der Waals surface area contributed by atoms with E-state index in [-0.39, 0.29) is 0 Å². The van der Waals surface area contributed by atoms with Gasteiger partial charge in [-0.15, -0.1) is 0 Å². The summed E-state index contributed by atoms with van der Waals surface area (Å²) in [4.78, 5) is 13.6. The summed E-state index contributed by atoms with van der Waals surface area (Å²) in [6.07, 6.45) is 8.73. The Labute approximate surface area is 86.7 Å². The van der Waals surface area contributed by atoms with Gasteiger partial charge in [0.15, 0.2) is 0 Å². The van der Waals surface area contributed by atoms with Crippen LogP contribution in [0.1, 0.15) is 44.9 Å². The zero-order valence-electron chi connectivity index (χ0n) is 9.00. The van der Waals surface area contributed by atoms with E-state index in [1.54, 1.807) is 0 Å². The molecule has 2 nitrogen and oxygen atoms in total. The van der Waals surface area contributed by atoms with Crippen LogP contribution < -0.4 is 0 Å². The van der Waals surface area contributed by atoms with Crippen molar-refractivity contribution >= 4 is 5.78 Å². The number of nitrogens with zero attached hydrogens (tertiary/aromatic N) is 1. The average Bonchev–Trinajstić information content (AvgIpc) is 2.23. The first kappa shape index (κ1) is 10.2. The van der Waals surface area contributed by atoms with Gasteiger partial charge < -0.3 is 4.90 Å². The number of Topliss-reactive ketones (excluding diaryl/α,β-unsaturated/α-hetero) is 1. The molecule has 0 aromatic heterocycles. The molecule has 2 heteroatoms. The number of carbonyl (C=O) groups excluding carboxylic acids is 1. The molecule has 0 radical (unpaired) electrons. The highest BCUT2D eigenvalue weighted by molar-refractivity contribution is 5.79. The molecule has 0 aromatic rings. The van der Waals surface area contributed by atoms with Crippen molar-refractivity contribution in [3.8, 4) is 0 Å². The lowest BCUT2D eigenvalue weighted by molar-refractivity contribution is -0.121. The smallest absolute Gasteiger partial charge is 0.135 e. The third kappa shape index (κ3) is 2.81. The molecule has 0 spiro atoms. The van der Waals surface area contributed by atoms with Gasteiger partial charge >= 0.3 is 0 Å². The molecule has 1 saturated heterocycles. The molecule has 14 heavy (non-hydrogen) atoms. The topological polar surface area (TPSA) is 20.3 Å². The predicted molar refractivity (Wildman–Crippen MR) is 57.3 cm³/mol. The molecule has 0 N–H and O–H groups in total. The molecular formula is C12H21NO. The van der Waals surface area contributed by atoms with Gasteiger partial charge in [-0.3, -0.25) is 4.79 Å². The molecule has 1 saturated carbocycles. The van der Waals surface area contributed by atoms with Crippen molar-refractivity contribution in [2.24, 2.45) is 5.92 Å². The minimum absolute atomic E-state index is 0.463. The molecule has 1 aliphatic heterocycles. The third-order valence-electron chi connectivity index (χ3n) is 3.65. The van der Waals surface area contributed by atoms with Crippen molar-refractivity contribution in [1.82, 2.24) is 4.90 Å². The SMILES string of the molecule is O=C1CCN(CC2CCCCC2)CC1. The standard InChI is InChI=1S/C12H21NO/c14-12-6-8-13(9-7-12)10-11-4-2-1-3-5-11/h11H,1-10H2.